The zero-order chi connectivity index (χ0) is 13.2. The van der Waals surface area contributed by atoms with E-state index in [0.717, 1.165) is 18.4 Å². The predicted molar refractivity (Wildman–Crippen MR) is 71.6 cm³/mol. The second-order valence-corrected chi connectivity index (χ2v) is 4.03. The van der Waals surface area contributed by atoms with Crippen LogP contribution >= 0.6 is 0 Å². The molecule has 3 nitrogen and oxygen atoms in total. The molecule has 0 aliphatic heterocycles. The van der Waals surface area contributed by atoms with Gasteiger partial charge in [0, 0.05) is 13.1 Å². The summed E-state index contributed by atoms with van der Waals surface area (Å²) in [4.78, 5) is 13.6. The first kappa shape index (κ1) is 14.3. The third-order valence-electron chi connectivity index (χ3n) is 2.56. The third-order valence-corrected chi connectivity index (χ3v) is 2.56. The van der Waals surface area contributed by atoms with Gasteiger partial charge in [0.2, 0.25) is 0 Å². The smallest absolute Gasteiger partial charge is 0.298 e. The number of amides is 1. The summed E-state index contributed by atoms with van der Waals surface area (Å²) < 4.78 is 0. The second kappa shape index (κ2) is 8.32. The number of aliphatic hydroxyl groups excluding tert-OH is 1. The first-order chi connectivity index (χ1) is 8.77. The number of carbonyl (C=O) groups is 1. The Balaban J connectivity index is 2.69. The van der Waals surface area contributed by atoms with E-state index in [2.05, 4.69) is 18.8 Å². The highest BCUT2D eigenvalue weighted by Crippen LogP contribution is 2.06. The maximum atomic E-state index is 11.9. The summed E-state index contributed by atoms with van der Waals surface area (Å²) in [6.07, 6.45) is 1.99. The van der Waals surface area contributed by atoms with Crippen LogP contribution in [0.15, 0.2) is 30.3 Å². The fraction of sp³-hybridized carbons (Fsp3) is 0.400. The highest BCUT2D eigenvalue weighted by molar-refractivity contribution is 5.93. The first-order valence-corrected chi connectivity index (χ1v) is 6.20. The van der Waals surface area contributed by atoms with Crippen LogP contribution in [0.1, 0.15) is 25.3 Å². The van der Waals surface area contributed by atoms with Crippen LogP contribution in [0.2, 0.25) is 0 Å². The van der Waals surface area contributed by atoms with Crippen molar-refractivity contribution in [2.45, 2.75) is 26.3 Å². The quantitative estimate of drug-likeness (QED) is 0.804. The molecular formula is C15H19NO2. The molecule has 0 saturated carbocycles. The van der Waals surface area contributed by atoms with Gasteiger partial charge in [-0.15, -0.1) is 0 Å². The Morgan fingerprint density at radius 2 is 2.06 bits per heavy atom. The monoisotopic (exact) mass is 245 g/mol. The van der Waals surface area contributed by atoms with Gasteiger partial charge in [-0.3, -0.25) is 4.79 Å². The van der Waals surface area contributed by atoms with Gasteiger partial charge in [0.15, 0.2) is 0 Å². The fourth-order valence-electron chi connectivity index (χ4n) is 1.60. The molecule has 1 rings (SSSR count). The fourth-order valence-corrected chi connectivity index (χ4v) is 1.60. The molecule has 0 fully saturated rings. The van der Waals surface area contributed by atoms with Crippen molar-refractivity contribution in [3.63, 3.8) is 0 Å². The van der Waals surface area contributed by atoms with Crippen LogP contribution in [-0.4, -0.2) is 29.1 Å². The van der Waals surface area contributed by atoms with Crippen molar-refractivity contribution < 1.29 is 9.90 Å². The maximum absolute atomic E-state index is 11.9. The standard InChI is InChI=1S/C15H19NO2/c1-2-3-11-16(15(18)10-7-12-17)13-14-8-5-4-6-9-14/h4-6,8-9,17H,2-3,11-13H2,1H3. The normalized spacial score (nSPS) is 9.44. The van der Waals surface area contributed by atoms with Crippen LogP contribution in [0.5, 0.6) is 0 Å². The highest BCUT2D eigenvalue weighted by Gasteiger charge is 2.10. The number of hydrogen-bond acceptors (Lipinski definition) is 2. The zero-order valence-corrected chi connectivity index (χ0v) is 10.7. The van der Waals surface area contributed by atoms with Gasteiger partial charge in [-0.2, -0.15) is 0 Å². The summed E-state index contributed by atoms with van der Waals surface area (Å²) in [6, 6.07) is 9.85. The third kappa shape index (κ3) is 5.03. The van der Waals surface area contributed by atoms with Gasteiger partial charge >= 0.3 is 0 Å². The number of hydrogen-bond donors (Lipinski definition) is 1. The van der Waals surface area contributed by atoms with Crippen LogP contribution in [0, 0.1) is 11.8 Å². The molecule has 0 unspecified atom stereocenters. The van der Waals surface area contributed by atoms with E-state index in [-0.39, 0.29) is 12.5 Å². The maximum Gasteiger partial charge on any atom is 0.298 e. The summed E-state index contributed by atoms with van der Waals surface area (Å²) in [5.74, 6) is 4.63. The molecule has 1 aromatic rings. The average Bonchev–Trinajstić information content (AvgIpc) is 2.42. The predicted octanol–water partition coefficient (Wildman–Crippen LogP) is 1.81. The molecule has 0 aliphatic rings. The van der Waals surface area contributed by atoms with Gasteiger partial charge in [0.05, 0.1) is 0 Å². The summed E-state index contributed by atoms with van der Waals surface area (Å²) in [7, 11) is 0. The molecule has 18 heavy (non-hydrogen) atoms. The Morgan fingerprint density at radius 3 is 2.67 bits per heavy atom. The minimum atomic E-state index is -0.279. The Morgan fingerprint density at radius 1 is 1.33 bits per heavy atom. The molecule has 0 bridgehead atoms. The van der Waals surface area contributed by atoms with E-state index in [0.29, 0.717) is 13.1 Å². The summed E-state index contributed by atoms with van der Waals surface area (Å²) >= 11 is 0. The number of benzene rings is 1. The van der Waals surface area contributed by atoms with E-state index >= 15 is 0 Å². The Kier molecular flexibility index (Phi) is 6.60. The van der Waals surface area contributed by atoms with Crippen molar-refractivity contribution in [3.8, 4) is 11.8 Å². The topological polar surface area (TPSA) is 40.5 Å². The van der Waals surface area contributed by atoms with E-state index in [1.54, 1.807) is 4.90 Å². The number of nitrogens with zero attached hydrogens (tertiary/aromatic N) is 1. The molecule has 0 radical (unpaired) electrons. The summed E-state index contributed by atoms with van der Waals surface area (Å²) in [6.45, 7) is 3.08. The molecule has 0 saturated heterocycles. The molecule has 1 aromatic carbocycles. The Hall–Kier alpha value is -1.79. The van der Waals surface area contributed by atoms with Crippen molar-refractivity contribution in [3.05, 3.63) is 35.9 Å². The lowest BCUT2D eigenvalue weighted by atomic mass is 10.2. The number of unbranched alkanes of at least 4 members (excludes halogenated alkanes) is 1. The lowest BCUT2D eigenvalue weighted by Crippen LogP contribution is -2.30. The van der Waals surface area contributed by atoms with Crippen LogP contribution in [0.3, 0.4) is 0 Å². The van der Waals surface area contributed by atoms with E-state index in [4.69, 9.17) is 5.11 Å². The molecule has 0 spiro atoms. The molecular weight excluding hydrogens is 226 g/mol. The van der Waals surface area contributed by atoms with Crippen molar-refractivity contribution in [2.75, 3.05) is 13.2 Å². The van der Waals surface area contributed by atoms with Crippen molar-refractivity contribution in [2.24, 2.45) is 0 Å². The van der Waals surface area contributed by atoms with Gasteiger partial charge in [-0.05, 0) is 17.9 Å². The highest BCUT2D eigenvalue weighted by atomic mass is 16.2. The van der Waals surface area contributed by atoms with Gasteiger partial charge < -0.3 is 10.0 Å². The molecule has 1 amide bonds. The first-order valence-electron chi connectivity index (χ1n) is 6.20. The molecule has 0 atom stereocenters. The lowest BCUT2D eigenvalue weighted by molar-refractivity contribution is -0.125. The van der Waals surface area contributed by atoms with Crippen LogP contribution < -0.4 is 0 Å². The number of aliphatic hydroxyl groups is 1. The molecule has 0 aliphatic carbocycles. The number of carbonyl (C=O) groups excluding carboxylic acids is 1. The minimum absolute atomic E-state index is 0.221. The van der Waals surface area contributed by atoms with Gasteiger partial charge in [0.1, 0.15) is 6.61 Å². The minimum Gasteiger partial charge on any atom is -0.384 e. The molecule has 3 heteroatoms. The van der Waals surface area contributed by atoms with Gasteiger partial charge in [-0.1, -0.05) is 49.6 Å². The van der Waals surface area contributed by atoms with Crippen molar-refractivity contribution in [1.82, 2.24) is 4.90 Å². The van der Waals surface area contributed by atoms with Crippen molar-refractivity contribution >= 4 is 5.91 Å². The van der Waals surface area contributed by atoms with Crippen LogP contribution in [0.4, 0.5) is 0 Å². The van der Waals surface area contributed by atoms with Gasteiger partial charge in [-0.25, -0.2) is 0 Å². The van der Waals surface area contributed by atoms with Crippen molar-refractivity contribution in [1.29, 1.82) is 0 Å². The van der Waals surface area contributed by atoms with Gasteiger partial charge in [0.25, 0.3) is 5.91 Å². The molecule has 0 aromatic heterocycles. The molecule has 1 N–H and O–H groups in total. The van der Waals surface area contributed by atoms with E-state index in [1.807, 2.05) is 30.3 Å². The molecule has 0 heterocycles. The Labute approximate surface area is 108 Å². The lowest BCUT2D eigenvalue weighted by Gasteiger charge is -2.20. The summed E-state index contributed by atoms with van der Waals surface area (Å²) in [5, 5.41) is 8.62. The SMILES string of the molecule is CCCCN(Cc1ccccc1)C(=O)C#CCO. The van der Waals surface area contributed by atoms with E-state index in [1.165, 1.54) is 0 Å². The summed E-state index contributed by atoms with van der Waals surface area (Å²) in [5.41, 5.74) is 1.09. The average molecular weight is 245 g/mol. The van der Waals surface area contributed by atoms with Crippen LogP contribution in [0.25, 0.3) is 0 Å². The van der Waals surface area contributed by atoms with E-state index in [9.17, 15) is 4.79 Å². The largest absolute Gasteiger partial charge is 0.384 e. The van der Waals surface area contributed by atoms with E-state index < -0.39 is 0 Å². The van der Waals surface area contributed by atoms with Crippen LogP contribution in [-0.2, 0) is 11.3 Å². The second-order valence-electron chi connectivity index (χ2n) is 4.03. The zero-order valence-electron chi connectivity index (χ0n) is 10.7. The Bertz CT molecular complexity index is 417. The molecule has 96 valence electrons. The number of rotatable bonds is 5.